The maximum absolute atomic E-state index is 13.8. The summed E-state index contributed by atoms with van der Waals surface area (Å²) >= 11 is 0. The van der Waals surface area contributed by atoms with Crippen LogP contribution in [0, 0.1) is 17.6 Å². The molecule has 4 heteroatoms. The molecule has 1 aliphatic carbocycles. The van der Waals surface area contributed by atoms with E-state index >= 15 is 0 Å². The second-order valence-electron chi connectivity index (χ2n) is 6.14. The Morgan fingerprint density at radius 3 is 2.57 bits per heavy atom. The number of benzene rings is 1. The highest BCUT2D eigenvalue weighted by Crippen LogP contribution is 2.38. The van der Waals surface area contributed by atoms with Crippen LogP contribution in [-0.4, -0.2) is 23.4 Å². The number of rotatable bonds is 5. The summed E-state index contributed by atoms with van der Waals surface area (Å²) in [6.45, 7) is 4.63. The van der Waals surface area contributed by atoms with Crippen LogP contribution in [0.25, 0.3) is 0 Å². The number of hydrogen-bond acceptors (Lipinski definition) is 2. The van der Waals surface area contributed by atoms with E-state index in [0.29, 0.717) is 18.1 Å². The van der Waals surface area contributed by atoms with Gasteiger partial charge in [-0.1, -0.05) is 13.0 Å². The van der Waals surface area contributed by atoms with Crippen molar-refractivity contribution in [3.8, 4) is 0 Å². The highest BCUT2D eigenvalue weighted by molar-refractivity contribution is 5.20. The number of aliphatic hydroxyl groups is 1. The molecule has 118 valence electrons. The molecule has 21 heavy (non-hydrogen) atoms. The van der Waals surface area contributed by atoms with Crippen LogP contribution in [0.5, 0.6) is 0 Å². The second kappa shape index (κ2) is 6.84. The molecule has 2 rings (SSSR count). The van der Waals surface area contributed by atoms with E-state index in [-0.39, 0.29) is 6.42 Å². The lowest BCUT2D eigenvalue weighted by molar-refractivity contribution is -0.143. The Morgan fingerprint density at radius 1 is 1.33 bits per heavy atom. The maximum Gasteiger partial charge on any atom is 0.129 e. The van der Waals surface area contributed by atoms with Gasteiger partial charge in [0.1, 0.15) is 11.6 Å². The minimum absolute atomic E-state index is 0.153. The van der Waals surface area contributed by atoms with Crippen LogP contribution in [0.2, 0.25) is 0 Å². The van der Waals surface area contributed by atoms with Gasteiger partial charge in [0.2, 0.25) is 0 Å². The molecule has 0 saturated heterocycles. The molecular formula is C17H24F2O2. The van der Waals surface area contributed by atoms with Gasteiger partial charge in [-0.15, -0.1) is 0 Å². The fourth-order valence-corrected chi connectivity index (χ4v) is 3.19. The van der Waals surface area contributed by atoms with Crippen LogP contribution in [0.1, 0.15) is 45.1 Å². The summed E-state index contributed by atoms with van der Waals surface area (Å²) < 4.78 is 32.6. The molecule has 1 N–H and O–H groups in total. The predicted molar refractivity (Wildman–Crippen MR) is 78.1 cm³/mol. The van der Waals surface area contributed by atoms with Crippen molar-refractivity contribution in [3.05, 3.63) is 35.4 Å². The Bertz CT molecular complexity index is 468. The van der Waals surface area contributed by atoms with Crippen LogP contribution >= 0.6 is 0 Å². The highest BCUT2D eigenvalue weighted by atomic mass is 19.1. The molecule has 0 aliphatic heterocycles. The molecule has 0 aromatic heterocycles. The number of hydrogen-bond donors (Lipinski definition) is 1. The lowest BCUT2D eigenvalue weighted by Gasteiger charge is -2.42. The highest BCUT2D eigenvalue weighted by Gasteiger charge is 2.41. The van der Waals surface area contributed by atoms with E-state index in [2.05, 4.69) is 6.92 Å². The van der Waals surface area contributed by atoms with Gasteiger partial charge < -0.3 is 9.84 Å². The quantitative estimate of drug-likeness (QED) is 0.894. The number of halogens is 2. The van der Waals surface area contributed by atoms with Crippen molar-refractivity contribution < 1.29 is 18.6 Å². The molecule has 0 radical (unpaired) electrons. The SMILES string of the molecule is CCOC1(C(O)Cc2ccc(F)cc2F)CCC(C)CC1. The van der Waals surface area contributed by atoms with Crippen LogP contribution < -0.4 is 0 Å². The normalized spacial score (nSPS) is 27.6. The average molecular weight is 298 g/mol. The van der Waals surface area contributed by atoms with Crippen molar-refractivity contribution in [2.75, 3.05) is 6.61 Å². The third-order valence-corrected chi connectivity index (χ3v) is 4.59. The van der Waals surface area contributed by atoms with E-state index in [1.165, 1.54) is 12.1 Å². The Kier molecular flexibility index (Phi) is 5.33. The van der Waals surface area contributed by atoms with E-state index in [9.17, 15) is 13.9 Å². The fourth-order valence-electron chi connectivity index (χ4n) is 3.19. The van der Waals surface area contributed by atoms with Gasteiger partial charge in [0.05, 0.1) is 11.7 Å². The molecule has 0 spiro atoms. The Balaban J connectivity index is 2.13. The number of ether oxygens (including phenoxy) is 1. The van der Waals surface area contributed by atoms with E-state index in [1.807, 2.05) is 6.92 Å². The molecule has 0 bridgehead atoms. The summed E-state index contributed by atoms with van der Waals surface area (Å²) in [5.41, 5.74) is -0.260. The van der Waals surface area contributed by atoms with Gasteiger partial charge in [-0.2, -0.15) is 0 Å². The molecule has 0 heterocycles. The molecule has 1 fully saturated rings. The Morgan fingerprint density at radius 2 is 2.00 bits per heavy atom. The molecule has 1 saturated carbocycles. The second-order valence-corrected chi connectivity index (χ2v) is 6.14. The largest absolute Gasteiger partial charge is 0.390 e. The fraction of sp³-hybridized carbons (Fsp3) is 0.647. The Hall–Kier alpha value is -1.00. The van der Waals surface area contributed by atoms with Crippen LogP contribution in [0.4, 0.5) is 8.78 Å². The monoisotopic (exact) mass is 298 g/mol. The maximum atomic E-state index is 13.8. The number of aliphatic hydroxyl groups excluding tert-OH is 1. The van der Waals surface area contributed by atoms with Crippen molar-refractivity contribution in [1.82, 2.24) is 0 Å². The van der Waals surface area contributed by atoms with Gasteiger partial charge in [0.25, 0.3) is 0 Å². The van der Waals surface area contributed by atoms with Gasteiger partial charge in [-0.25, -0.2) is 8.78 Å². The lowest BCUT2D eigenvalue weighted by atomic mass is 9.75. The van der Waals surface area contributed by atoms with E-state index in [4.69, 9.17) is 4.74 Å². The summed E-state index contributed by atoms with van der Waals surface area (Å²) in [4.78, 5) is 0. The van der Waals surface area contributed by atoms with Crippen molar-refractivity contribution in [2.24, 2.45) is 5.92 Å². The Labute approximate surface area is 125 Å². The first-order valence-electron chi connectivity index (χ1n) is 7.73. The summed E-state index contributed by atoms with van der Waals surface area (Å²) in [7, 11) is 0. The van der Waals surface area contributed by atoms with Crippen molar-refractivity contribution >= 4 is 0 Å². The van der Waals surface area contributed by atoms with E-state index in [0.717, 1.165) is 31.7 Å². The molecule has 0 amide bonds. The summed E-state index contributed by atoms with van der Waals surface area (Å²) in [6.07, 6.45) is 2.95. The summed E-state index contributed by atoms with van der Waals surface area (Å²) in [6, 6.07) is 3.48. The van der Waals surface area contributed by atoms with Crippen molar-refractivity contribution in [2.45, 2.75) is 57.7 Å². The molecule has 1 aromatic carbocycles. The molecule has 2 nitrogen and oxygen atoms in total. The van der Waals surface area contributed by atoms with Gasteiger partial charge in [0, 0.05) is 19.1 Å². The third kappa shape index (κ3) is 3.80. The van der Waals surface area contributed by atoms with Gasteiger partial charge in [-0.05, 0) is 50.2 Å². The van der Waals surface area contributed by atoms with Gasteiger partial charge in [0.15, 0.2) is 0 Å². The van der Waals surface area contributed by atoms with Crippen LogP contribution in [0.3, 0.4) is 0 Å². The van der Waals surface area contributed by atoms with Gasteiger partial charge >= 0.3 is 0 Å². The predicted octanol–water partition coefficient (Wildman–Crippen LogP) is 3.85. The molecule has 1 unspecified atom stereocenters. The average Bonchev–Trinajstić information content (AvgIpc) is 2.45. The molecule has 1 atom stereocenters. The first kappa shape index (κ1) is 16.4. The summed E-state index contributed by atoms with van der Waals surface area (Å²) in [5.74, 6) is -0.574. The van der Waals surface area contributed by atoms with E-state index < -0.39 is 23.3 Å². The van der Waals surface area contributed by atoms with Crippen molar-refractivity contribution in [3.63, 3.8) is 0 Å². The first-order valence-corrected chi connectivity index (χ1v) is 7.73. The standard InChI is InChI=1S/C17H24F2O2/c1-3-21-17(8-6-12(2)7-9-17)16(20)10-13-4-5-14(18)11-15(13)19/h4-5,11-12,16,20H,3,6-10H2,1-2H3. The molecule has 1 aromatic rings. The van der Waals surface area contributed by atoms with Crippen LogP contribution in [0.15, 0.2) is 18.2 Å². The zero-order valence-corrected chi connectivity index (χ0v) is 12.7. The minimum atomic E-state index is -0.773. The third-order valence-electron chi connectivity index (χ3n) is 4.59. The van der Waals surface area contributed by atoms with E-state index in [1.54, 1.807) is 0 Å². The molecular weight excluding hydrogens is 274 g/mol. The summed E-state index contributed by atoms with van der Waals surface area (Å²) in [5, 5.41) is 10.6. The zero-order chi connectivity index (χ0) is 15.5. The first-order chi connectivity index (χ1) is 9.97. The minimum Gasteiger partial charge on any atom is -0.390 e. The smallest absolute Gasteiger partial charge is 0.129 e. The van der Waals surface area contributed by atoms with Crippen molar-refractivity contribution in [1.29, 1.82) is 0 Å². The zero-order valence-electron chi connectivity index (χ0n) is 12.7. The lowest BCUT2D eigenvalue weighted by Crippen LogP contribution is -2.48. The van der Waals surface area contributed by atoms with Crippen LogP contribution in [-0.2, 0) is 11.2 Å². The topological polar surface area (TPSA) is 29.5 Å². The molecule has 1 aliphatic rings. The van der Waals surface area contributed by atoms with Gasteiger partial charge in [-0.3, -0.25) is 0 Å².